The third-order valence-electron chi connectivity index (χ3n) is 1.06. The Balaban J connectivity index is 0. The minimum absolute atomic E-state index is 0.0185. The predicted octanol–water partition coefficient (Wildman–Crippen LogP) is 1.80. The van der Waals surface area contributed by atoms with Crippen molar-refractivity contribution in [3.8, 4) is 0 Å². The normalized spacial score (nSPS) is 9.42. The second kappa shape index (κ2) is 7.72. The van der Waals surface area contributed by atoms with Crippen molar-refractivity contribution in [2.24, 2.45) is 0 Å². The number of carbonyl (C=O) groups is 2. The van der Waals surface area contributed by atoms with Gasteiger partial charge in [-0.1, -0.05) is 12.7 Å². The van der Waals surface area contributed by atoms with Crippen LogP contribution in [0.2, 0.25) is 0 Å². The molecule has 0 saturated carbocycles. The van der Waals surface area contributed by atoms with Gasteiger partial charge in [0.25, 0.3) is 0 Å². The Bertz CT molecular complexity index is 202. The molecule has 0 aromatic rings. The van der Waals surface area contributed by atoms with Crippen LogP contribution in [0.5, 0.6) is 0 Å². The number of hydrogen-bond acceptors (Lipinski definition) is 2. The van der Waals surface area contributed by atoms with E-state index in [1.165, 1.54) is 13.0 Å². The van der Waals surface area contributed by atoms with Crippen molar-refractivity contribution in [2.75, 3.05) is 0 Å². The standard InChI is InChI=1S/C5H8O2.C4H6O/c1-3-4(2)5(6)7;1-3-4(2)5/h3H,1-2H3,(H,6,7);3H,1H2,2H3. The van der Waals surface area contributed by atoms with E-state index in [9.17, 15) is 9.59 Å². The number of aliphatic carboxylic acids is 1. The Morgan fingerprint density at radius 1 is 1.33 bits per heavy atom. The van der Waals surface area contributed by atoms with Gasteiger partial charge in [-0.2, -0.15) is 0 Å². The van der Waals surface area contributed by atoms with Gasteiger partial charge in [-0.25, -0.2) is 4.79 Å². The Hall–Kier alpha value is -1.38. The zero-order valence-electron chi connectivity index (χ0n) is 7.63. The molecule has 0 aliphatic heterocycles. The maximum atomic E-state index is 9.86. The van der Waals surface area contributed by atoms with E-state index < -0.39 is 5.97 Å². The molecule has 12 heavy (non-hydrogen) atoms. The number of carboxylic acids is 1. The number of carbonyl (C=O) groups excluding carboxylic acids is 1. The van der Waals surface area contributed by atoms with E-state index in [4.69, 9.17) is 5.11 Å². The molecule has 0 aromatic carbocycles. The second-order valence-electron chi connectivity index (χ2n) is 2.09. The summed E-state index contributed by atoms with van der Waals surface area (Å²) in [5, 5.41) is 8.11. The molecule has 0 radical (unpaired) electrons. The van der Waals surface area contributed by atoms with Gasteiger partial charge in [0.15, 0.2) is 5.78 Å². The first-order valence-corrected chi connectivity index (χ1v) is 3.44. The van der Waals surface area contributed by atoms with Crippen LogP contribution in [0.25, 0.3) is 0 Å². The largest absolute Gasteiger partial charge is 0.478 e. The summed E-state index contributed by atoms with van der Waals surface area (Å²) in [6.07, 6.45) is 2.84. The smallest absolute Gasteiger partial charge is 0.330 e. The van der Waals surface area contributed by atoms with Gasteiger partial charge in [-0.15, -0.1) is 0 Å². The van der Waals surface area contributed by atoms with Crippen LogP contribution in [0.15, 0.2) is 24.3 Å². The number of hydrogen-bond donors (Lipinski definition) is 1. The van der Waals surface area contributed by atoms with Gasteiger partial charge in [0, 0.05) is 5.57 Å². The molecule has 0 atom stereocenters. The lowest BCUT2D eigenvalue weighted by Gasteiger charge is -1.84. The number of allylic oxidation sites excluding steroid dienone is 2. The fraction of sp³-hybridized carbons (Fsp3) is 0.333. The first kappa shape index (κ1) is 13.2. The molecule has 0 saturated heterocycles. The van der Waals surface area contributed by atoms with E-state index in [0.717, 1.165) is 0 Å². The molecule has 0 aliphatic rings. The summed E-state index contributed by atoms with van der Waals surface area (Å²) < 4.78 is 0. The topological polar surface area (TPSA) is 54.4 Å². The third kappa shape index (κ3) is 11.4. The summed E-state index contributed by atoms with van der Waals surface area (Å²) >= 11 is 0. The fourth-order valence-electron chi connectivity index (χ4n) is 0.123. The van der Waals surface area contributed by atoms with E-state index in [1.54, 1.807) is 19.9 Å². The van der Waals surface area contributed by atoms with Crippen LogP contribution in [-0.2, 0) is 9.59 Å². The van der Waals surface area contributed by atoms with Crippen LogP contribution in [0.3, 0.4) is 0 Å². The van der Waals surface area contributed by atoms with Gasteiger partial charge in [-0.3, -0.25) is 4.79 Å². The highest BCUT2D eigenvalue weighted by Gasteiger charge is 1.93. The van der Waals surface area contributed by atoms with Crippen LogP contribution in [-0.4, -0.2) is 16.9 Å². The molecule has 1 N–H and O–H groups in total. The quantitative estimate of drug-likeness (QED) is 0.643. The minimum Gasteiger partial charge on any atom is -0.478 e. The van der Waals surface area contributed by atoms with Gasteiger partial charge < -0.3 is 5.11 Å². The minimum atomic E-state index is -0.845. The molecule has 0 unspecified atom stereocenters. The van der Waals surface area contributed by atoms with Gasteiger partial charge in [0.2, 0.25) is 0 Å². The lowest BCUT2D eigenvalue weighted by atomic mass is 10.3. The van der Waals surface area contributed by atoms with E-state index in [1.807, 2.05) is 0 Å². The van der Waals surface area contributed by atoms with Crippen molar-refractivity contribution in [3.05, 3.63) is 24.3 Å². The average molecular weight is 170 g/mol. The summed E-state index contributed by atoms with van der Waals surface area (Å²) in [6.45, 7) is 7.93. The van der Waals surface area contributed by atoms with Gasteiger partial charge in [0.1, 0.15) is 0 Å². The summed E-state index contributed by atoms with van der Waals surface area (Å²) in [6, 6.07) is 0. The van der Waals surface area contributed by atoms with Crippen LogP contribution in [0.4, 0.5) is 0 Å². The Morgan fingerprint density at radius 2 is 1.67 bits per heavy atom. The number of ketones is 1. The first-order chi connectivity index (χ1) is 5.45. The number of carboxylic acid groups (broad SMARTS) is 1. The van der Waals surface area contributed by atoms with E-state index >= 15 is 0 Å². The highest BCUT2D eigenvalue weighted by atomic mass is 16.4. The van der Waals surface area contributed by atoms with E-state index in [-0.39, 0.29) is 5.78 Å². The summed E-state index contributed by atoms with van der Waals surface area (Å²) in [5.74, 6) is -0.826. The Morgan fingerprint density at radius 3 is 1.67 bits per heavy atom. The molecule has 3 nitrogen and oxygen atoms in total. The van der Waals surface area contributed by atoms with Gasteiger partial charge in [-0.05, 0) is 26.8 Å². The molecule has 0 aliphatic carbocycles. The molecule has 3 heteroatoms. The molecule has 0 fully saturated rings. The van der Waals surface area contributed by atoms with Crippen molar-refractivity contribution in [2.45, 2.75) is 20.8 Å². The third-order valence-corrected chi connectivity index (χ3v) is 1.06. The summed E-state index contributed by atoms with van der Waals surface area (Å²) in [5.41, 5.74) is 0.389. The Kier molecular flexibility index (Phi) is 8.51. The maximum Gasteiger partial charge on any atom is 0.330 e. The maximum absolute atomic E-state index is 9.86. The van der Waals surface area contributed by atoms with Crippen molar-refractivity contribution < 1.29 is 14.7 Å². The molecule has 68 valence electrons. The molecule has 0 aromatic heterocycles. The monoisotopic (exact) mass is 170 g/mol. The molecular weight excluding hydrogens is 156 g/mol. The lowest BCUT2D eigenvalue weighted by molar-refractivity contribution is -0.132. The van der Waals surface area contributed by atoms with Crippen molar-refractivity contribution in [1.82, 2.24) is 0 Å². The average Bonchev–Trinajstić information content (AvgIpc) is 2.04. The molecule has 0 heterocycles. The van der Waals surface area contributed by atoms with Gasteiger partial charge >= 0.3 is 5.97 Å². The van der Waals surface area contributed by atoms with Crippen molar-refractivity contribution in [1.29, 1.82) is 0 Å². The predicted molar refractivity (Wildman–Crippen MR) is 47.9 cm³/mol. The lowest BCUT2D eigenvalue weighted by Crippen LogP contribution is -1.93. The fourth-order valence-corrected chi connectivity index (χ4v) is 0.123. The van der Waals surface area contributed by atoms with Crippen LogP contribution in [0, 0.1) is 0 Å². The van der Waals surface area contributed by atoms with Crippen LogP contribution >= 0.6 is 0 Å². The zero-order chi connectivity index (χ0) is 10.1. The van der Waals surface area contributed by atoms with E-state index in [2.05, 4.69) is 6.58 Å². The first-order valence-electron chi connectivity index (χ1n) is 3.44. The van der Waals surface area contributed by atoms with Crippen molar-refractivity contribution in [3.63, 3.8) is 0 Å². The number of rotatable bonds is 2. The molecule has 0 spiro atoms. The zero-order valence-corrected chi connectivity index (χ0v) is 7.63. The highest BCUT2D eigenvalue weighted by Crippen LogP contribution is 1.87. The molecular formula is C9H14O3. The van der Waals surface area contributed by atoms with Gasteiger partial charge in [0.05, 0.1) is 0 Å². The van der Waals surface area contributed by atoms with Crippen LogP contribution in [0.1, 0.15) is 20.8 Å². The van der Waals surface area contributed by atoms with Crippen LogP contribution < -0.4 is 0 Å². The Labute approximate surface area is 72.4 Å². The molecule has 0 bridgehead atoms. The van der Waals surface area contributed by atoms with E-state index in [0.29, 0.717) is 5.57 Å². The molecule has 0 rings (SSSR count). The van der Waals surface area contributed by atoms with Crippen molar-refractivity contribution >= 4 is 11.8 Å². The second-order valence-corrected chi connectivity index (χ2v) is 2.09. The summed E-state index contributed by atoms with van der Waals surface area (Å²) in [7, 11) is 0. The SMILES string of the molecule is C=CC(C)=O.CC=C(C)C(=O)O. The highest BCUT2D eigenvalue weighted by molar-refractivity contribution is 5.86. The molecule has 0 amide bonds. The summed E-state index contributed by atoms with van der Waals surface area (Å²) in [4.78, 5) is 19.6.